The Morgan fingerprint density at radius 1 is 0.727 bits per heavy atom. The van der Waals surface area contributed by atoms with Crippen molar-refractivity contribution >= 4 is 21.7 Å². The number of benzene rings is 3. The van der Waals surface area contributed by atoms with E-state index in [1.54, 1.807) is 0 Å². The van der Waals surface area contributed by atoms with Crippen molar-refractivity contribution in [2.75, 3.05) is 0 Å². The molecule has 0 unspecified atom stereocenters. The van der Waals surface area contributed by atoms with E-state index in [4.69, 9.17) is 4.98 Å². The Labute approximate surface area is 130 Å². The van der Waals surface area contributed by atoms with E-state index in [1.807, 2.05) is 0 Å². The number of rotatable bonds is 1. The summed E-state index contributed by atoms with van der Waals surface area (Å²) in [5.41, 5.74) is 5.87. The van der Waals surface area contributed by atoms with Crippen LogP contribution in [0.1, 0.15) is 11.1 Å². The molecule has 0 aliphatic carbocycles. The summed E-state index contributed by atoms with van der Waals surface area (Å²) in [6, 6.07) is 23.4. The Morgan fingerprint density at radius 2 is 1.50 bits per heavy atom. The number of nitrogens with zero attached hydrogens (tertiary/aromatic N) is 1. The second-order valence-corrected chi connectivity index (χ2v) is 5.82. The summed E-state index contributed by atoms with van der Waals surface area (Å²) in [4.78, 5) is 4.92. The van der Waals surface area contributed by atoms with Crippen LogP contribution in [0.25, 0.3) is 32.9 Å². The maximum Gasteiger partial charge on any atom is 0.0718 e. The van der Waals surface area contributed by atoms with Gasteiger partial charge >= 0.3 is 0 Å². The summed E-state index contributed by atoms with van der Waals surface area (Å²) < 4.78 is 0. The normalized spacial score (nSPS) is 11.2. The van der Waals surface area contributed by atoms with Gasteiger partial charge in [-0.05, 0) is 47.9 Å². The lowest BCUT2D eigenvalue weighted by atomic mass is 9.98. The molecule has 1 aromatic heterocycles. The van der Waals surface area contributed by atoms with Gasteiger partial charge in [-0.3, -0.25) is 0 Å². The lowest BCUT2D eigenvalue weighted by Crippen LogP contribution is -1.91. The number of pyridine rings is 1. The third-order valence-corrected chi connectivity index (χ3v) is 4.32. The number of fused-ring (bicyclic) bond motifs is 3. The van der Waals surface area contributed by atoms with Crippen molar-refractivity contribution in [2.24, 2.45) is 0 Å². The Kier molecular flexibility index (Phi) is 2.93. The molecule has 0 bridgehead atoms. The quantitative estimate of drug-likeness (QED) is 0.410. The molecule has 4 rings (SSSR count). The van der Waals surface area contributed by atoms with Crippen molar-refractivity contribution in [3.05, 3.63) is 77.9 Å². The molecule has 0 N–H and O–H groups in total. The minimum atomic E-state index is 1.05. The molecule has 1 nitrogen and oxygen atoms in total. The van der Waals surface area contributed by atoms with E-state index >= 15 is 0 Å². The van der Waals surface area contributed by atoms with Crippen LogP contribution in [0.3, 0.4) is 0 Å². The van der Waals surface area contributed by atoms with Crippen molar-refractivity contribution in [1.29, 1.82) is 0 Å². The minimum Gasteiger partial charge on any atom is -0.248 e. The maximum absolute atomic E-state index is 4.92. The van der Waals surface area contributed by atoms with Gasteiger partial charge in [-0.2, -0.15) is 0 Å². The average molecular weight is 283 g/mol. The van der Waals surface area contributed by atoms with Gasteiger partial charge in [0.05, 0.1) is 11.2 Å². The van der Waals surface area contributed by atoms with E-state index in [0.717, 1.165) is 11.2 Å². The Bertz CT molecular complexity index is 999. The van der Waals surface area contributed by atoms with Crippen LogP contribution in [-0.4, -0.2) is 4.98 Å². The van der Waals surface area contributed by atoms with Gasteiger partial charge in [0, 0.05) is 10.9 Å². The molecular weight excluding hydrogens is 266 g/mol. The van der Waals surface area contributed by atoms with E-state index in [0.29, 0.717) is 0 Å². The molecule has 0 saturated heterocycles. The van der Waals surface area contributed by atoms with Gasteiger partial charge in [-0.15, -0.1) is 0 Å². The summed E-state index contributed by atoms with van der Waals surface area (Å²) >= 11 is 0. The topological polar surface area (TPSA) is 12.9 Å². The standard InChI is InChI=1S/C21H17N/c1-14-7-3-5-9-17(14)20-13-15(2)21-18-10-6-4-8-16(18)11-12-19(21)22-20/h3-13H,1-2H3. The first kappa shape index (κ1) is 13.0. The van der Waals surface area contributed by atoms with Gasteiger partial charge in [0.25, 0.3) is 0 Å². The van der Waals surface area contributed by atoms with Crippen LogP contribution in [0, 0.1) is 13.8 Å². The van der Waals surface area contributed by atoms with Crippen molar-refractivity contribution in [3.8, 4) is 11.3 Å². The molecule has 0 saturated carbocycles. The molecule has 106 valence electrons. The fraction of sp³-hybridized carbons (Fsp3) is 0.0952. The molecule has 0 atom stereocenters. The summed E-state index contributed by atoms with van der Waals surface area (Å²) in [6.07, 6.45) is 0. The highest BCUT2D eigenvalue weighted by molar-refractivity contribution is 6.08. The smallest absolute Gasteiger partial charge is 0.0718 e. The van der Waals surface area contributed by atoms with E-state index in [2.05, 4.69) is 80.6 Å². The zero-order valence-corrected chi connectivity index (χ0v) is 12.8. The maximum atomic E-state index is 4.92. The molecule has 0 aliphatic heterocycles. The van der Waals surface area contributed by atoms with Crippen molar-refractivity contribution in [3.63, 3.8) is 0 Å². The fourth-order valence-corrected chi connectivity index (χ4v) is 3.21. The molecule has 22 heavy (non-hydrogen) atoms. The first-order chi connectivity index (χ1) is 10.7. The van der Waals surface area contributed by atoms with Crippen molar-refractivity contribution in [1.82, 2.24) is 4.98 Å². The monoisotopic (exact) mass is 283 g/mol. The fourth-order valence-electron chi connectivity index (χ4n) is 3.21. The van der Waals surface area contributed by atoms with Gasteiger partial charge in [0.2, 0.25) is 0 Å². The molecule has 0 radical (unpaired) electrons. The number of hydrogen-bond donors (Lipinski definition) is 0. The Balaban J connectivity index is 2.06. The predicted octanol–water partition coefficient (Wildman–Crippen LogP) is 5.67. The van der Waals surface area contributed by atoms with Crippen molar-refractivity contribution in [2.45, 2.75) is 13.8 Å². The van der Waals surface area contributed by atoms with E-state index in [9.17, 15) is 0 Å². The van der Waals surface area contributed by atoms with Gasteiger partial charge in [-0.25, -0.2) is 4.98 Å². The highest BCUT2D eigenvalue weighted by atomic mass is 14.7. The van der Waals surface area contributed by atoms with Crippen LogP contribution in [-0.2, 0) is 0 Å². The minimum absolute atomic E-state index is 1.05. The highest BCUT2D eigenvalue weighted by Crippen LogP contribution is 2.31. The summed E-state index contributed by atoms with van der Waals surface area (Å²) in [5.74, 6) is 0. The van der Waals surface area contributed by atoms with Crippen LogP contribution in [0.15, 0.2) is 66.7 Å². The molecule has 0 spiro atoms. The Morgan fingerprint density at radius 3 is 2.36 bits per heavy atom. The molecule has 0 amide bonds. The highest BCUT2D eigenvalue weighted by Gasteiger charge is 2.09. The zero-order chi connectivity index (χ0) is 15.1. The molecule has 0 aliphatic rings. The molecule has 4 aromatic rings. The Hall–Kier alpha value is -2.67. The molecular formula is C21H17N. The van der Waals surface area contributed by atoms with Crippen LogP contribution in [0.2, 0.25) is 0 Å². The van der Waals surface area contributed by atoms with Crippen LogP contribution < -0.4 is 0 Å². The summed E-state index contributed by atoms with van der Waals surface area (Å²) in [5, 5.41) is 3.81. The van der Waals surface area contributed by atoms with Gasteiger partial charge < -0.3 is 0 Å². The second kappa shape index (κ2) is 4.96. The first-order valence-electron chi connectivity index (χ1n) is 7.59. The third-order valence-electron chi connectivity index (χ3n) is 4.32. The predicted molar refractivity (Wildman–Crippen MR) is 94.2 cm³/mol. The first-order valence-corrected chi connectivity index (χ1v) is 7.59. The summed E-state index contributed by atoms with van der Waals surface area (Å²) in [6.45, 7) is 4.31. The van der Waals surface area contributed by atoms with Gasteiger partial charge in [0.1, 0.15) is 0 Å². The van der Waals surface area contributed by atoms with Crippen LogP contribution in [0.5, 0.6) is 0 Å². The molecule has 0 fully saturated rings. The lowest BCUT2D eigenvalue weighted by molar-refractivity contribution is 1.34. The van der Waals surface area contributed by atoms with E-state index < -0.39 is 0 Å². The van der Waals surface area contributed by atoms with Crippen molar-refractivity contribution < 1.29 is 0 Å². The van der Waals surface area contributed by atoms with E-state index in [1.165, 1.54) is 32.8 Å². The van der Waals surface area contributed by atoms with E-state index in [-0.39, 0.29) is 0 Å². The summed E-state index contributed by atoms with van der Waals surface area (Å²) in [7, 11) is 0. The average Bonchev–Trinajstić information content (AvgIpc) is 2.54. The zero-order valence-electron chi connectivity index (χ0n) is 12.8. The number of aryl methyl sites for hydroxylation is 2. The van der Waals surface area contributed by atoms with Crippen LogP contribution >= 0.6 is 0 Å². The van der Waals surface area contributed by atoms with Crippen LogP contribution in [0.4, 0.5) is 0 Å². The molecule has 3 aromatic carbocycles. The SMILES string of the molecule is Cc1ccccc1-c1cc(C)c2c(ccc3ccccc32)n1. The number of hydrogen-bond acceptors (Lipinski definition) is 1. The second-order valence-electron chi connectivity index (χ2n) is 5.82. The van der Waals surface area contributed by atoms with Gasteiger partial charge in [-0.1, -0.05) is 54.6 Å². The molecule has 1 heteroatoms. The molecule has 1 heterocycles. The largest absolute Gasteiger partial charge is 0.248 e. The third kappa shape index (κ3) is 1.98. The van der Waals surface area contributed by atoms with Gasteiger partial charge in [0.15, 0.2) is 0 Å². The number of aromatic nitrogens is 1. The lowest BCUT2D eigenvalue weighted by Gasteiger charge is -2.11.